The quantitative estimate of drug-likeness (QED) is 0.168. The van der Waals surface area contributed by atoms with E-state index in [1.54, 1.807) is 25.3 Å². The van der Waals surface area contributed by atoms with Crippen LogP contribution in [-0.2, 0) is 11.4 Å². The maximum Gasteiger partial charge on any atom is 0.266 e. The number of phenolic OH excluding ortho intramolecular Hbond substituents is 1. The number of methoxy groups -OCH3 is 1. The molecule has 33 heavy (non-hydrogen) atoms. The molecule has 0 saturated heterocycles. The number of carbonyl (C=O) groups is 1. The highest BCUT2D eigenvalue weighted by Gasteiger charge is 2.14. The van der Waals surface area contributed by atoms with E-state index >= 15 is 0 Å². The normalized spacial score (nSPS) is 10.9. The zero-order valence-corrected chi connectivity index (χ0v) is 20.6. The van der Waals surface area contributed by atoms with Gasteiger partial charge in [-0.3, -0.25) is 4.79 Å². The molecule has 0 aliphatic carbocycles. The summed E-state index contributed by atoms with van der Waals surface area (Å²) in [4.78, 5) is 12.5. The molecule has 2 N–H and O–H groups in total. The van der Waals surface area contributed by atoms with Gasteiger partial charge < -0.3 is 19.9 Å². The van der Waals surface area contributed by atoms with Gasteiger partial charge in [0, 0.05) is 5.69 Å². The highest BCUT2D eigenvalue weighted by Crippen LogP contribution is 2.35. The Hall–Kier alpha value is -3.51. The van der Waals surface area contributed by atoms with E-state index in [2.05, 4.69) is 53.9 Å². The maximum absolute atomic E-state index is 12.5. The van der Waals surface area contributed by atoms with Gasteiger partial charge >= 0.3 is 0 Å². The average molecular weight is 554 g/mol. The molecule has 0 radical (unpaired) electrons. The van der Waals surface area contributed by atoms with E-state index in [9.17, 15) is 15.2 Å². The van der Waals surface area contributed by atoms with Crippen molar-refractivity contribution in [1.82, 2.24) is 0 Å². The van der Waals surface area contributed by atoms with Crippen LogP contribution in [-0.4, -0.2) is 18.1 Å². The third kappa shape index (κ3) is 6.26. The molecule has 0 heterocycles. The van der Waals surface area contributed by atoms with Gasteiger partial charge in [-0.2, -0.15) is 5.26 Å². The number of hydrogen-bond donors (Lipinski definition) is 2. The third-order valence-electron chi connectivity index (χ3n) is 5.01. The van der Waals surface area contributed by atoms with Crippen LogP contribution in [0.1, 0.15) is 22.3 Å². The molecule has 3 aromatic carbocycles. The number of nitrogens with one attached hydrogen (secondary N) is 1. The second-order valence-electron chi connectivity index (χ2n) is 7.41. The van der Waals surface area contributed by atoms with Crippen molar-refractivity contribution in [3.63, 3.8) is 0 Å². The van der Waals surface area contributed by atoms with Crippen molar-refractivity contribution in [2.24, 2.45) is 0 Å². The third-order valence-corrected chi connectivity index (χ3v) is 5.81. The lowest BCUT2D eigenvalue weighted by molar-refractivity contribution is -0.112. The molecule has 168 valence electrons. The Morgan fingerprint density at radius 3 is 2.48 bits per heavy atom. The minimum Gasteiger partial charge on any atom is -0.508 e. The number of halogens is 1. The van der Waals surface area contributed by atoms with Crippen molar-refractivity contribution in [2.75, 3.05) is 12.4 Å². The van der Waals surface area contributed by atoms with Crippen LogP contribution in [0.15, 0.2) is 60.2 Å². The highest BCUT2D eigenvalue weighted by atomic mass is 127. The number of aromatic hydroxyl groups is 1. The molecule has 3 aromatic rings. The first-order valence-corrected chi connectivity index (χ1v) is 11.2. The Kier molecular flexibility index (Phi) is 7.96. The minimum absolute atomic E-state index is 0.0651. The molecular formula is C26H23IN2O4. The van der Waals surface area contributed by atoms with Gasteiger partial charge in [0.15, 0.2) is 11.5 Å². The van der Waals surface area contributed by atoms with Crippen molar-refractivity contribution in [1.29, 1.82) is 5.26 Å². The lowest BCUT2D eigenvalue weighted by Gasteiger charge is -2.14. The van der Waals surface area contributed by atoms with E-state index in [0.717, 1.165) is 9.13 Å². The summed E-state index contributed by atoms with van der Waals surface area (Å²) in [6.07, 6.45) is 1.49. The number of nitrogens with zero attached hydrogens (tertiary/aromatic N) is 1. The van der Waals surface area contributed by atoms with Crippen LogP contribution >= 0.6 is 22.6 Å². The van der Waals surface area contributed by atoms with E-state index < -0.39 is 5.91 Å². The number of rotatable bonds is 7. The van der Waals surface area contributed by atoms with E-state index in [4.69, 9.17) is 9.47 Å². The van der Waals surface area contributed by atoms with Crippen LogP contribution in [0.3, 0.4) is 0 Å². The van der Waals surface area contributed by atoms with Crippen molar-refractivity contribution >= 4 is 40.3 Å². The van der Waals surface area contributed by atoms with Gasteiger partial charge in [-0.1, -0.05) is 18.2 Å². The molecule has 0 aliphatic heterocycles. The zero-order chi connectivity index (χ0) is 24.0. The first-order valence-electron chi connectivity index (χ1n) is 10.1. The molecule has 0 fully saturated rings. The van der Waals surface area contributed by atoms with Crippen molar-refractivity contribution < 1.29 is 19.4 Å². The topological polar surface area (TPSA) is 91.6 Å². The number of amides is 1. The van der Waals surface area contributed by atoms with Crippen LogP contribution in [0.25, 0.3) is 6.08 Å². The Bertz CT molecular complexity index is 1240. The largest absolute Gasteiger partial charge is 0.508 e. The summed E-state index contributed by atoms with van der Waals surface area (Å²) in [6, 6.07) is 17.7. The molecule has 0 bridgehead atoms. The molecule has 0 unspecified atom stereocenters. The minimum atomic E-state index is -0.549. The van der Waals surface area contributed by atoms with Crippen molar-refractivity contribution in [3.8, 4) is 23.3 Å². The van der Waals surface area contributed by atoms with Crippen LogP contribution in [0.2, 0.25) is 0 Å². The molecule has 0 aliphatic rings. The Morgan fingerprint density at radius 2 is 1.85 bits per heavy atom. The fourth-order valence-electron chi connectivity index (χ4n) is 3.07. The molecule has 0 spiro atoms. The summed E-state index contributed by atoms with van der Waals surface area (Å²) in [5, 5.41) is 21.5. The van der Waals surface area contributed by atoms with E-state index in [1.165, 1.54) is 29.3 Å². The van der Waals surface area contributed by atoms with Crippen LogP contribution in [0.4, 0.5) is 5.69 Å². The lowest BCUT2D eigenvalue weighted by Crippen LogP contribution is -2.13. The first-order chi connectivity index (χ1) is 15.8. The molecule has 0 saturated carbocycles. The number of ether oxygens (including phenoxy) is 2. The van der Waals surface area contributed by atoms with Gasteiger partial charge in [-0.05, 0) is 101 Å². The van der Waals surface area contributed by atoms with Gasteiger partial charge in [-0.15, -0.1) is 0 Å². The SMILES string of the molecule is COc1cc(/C=C(\C#N)C(=O)Nc2ccc(O)cc2)cc(I)c1OCc1ccc(C)c(C)c1. The predicted molar refractivity (Wildman–Crippen MR) is 136 cm³/mol. The van der Waals surface area contributed by atoms with Crippen molar-refractivity contribution in [2.45, 2.75) is 20.5 Å². The van der Waals surface area contributed by atoms with E-state index in [-0.39, 0.29) is 11.3 Å². The number of nitriles is 1. The van der Waals surface area contributed by atoms with Gasteiger partial charge in [0.05, 0.1) is 10.7 Å². The van der Waals surface area contributed by atoms with Gasteiger partial charge in [0.1, 0.15) is 24.0 Å². The standard InChI is InChI=1S/C26H23IN2O4/c1-16-4-5-18(10-17(16)2)15-33-25-23(27)12-19(13-24(25)32-3)11-20(14-28)26(31)29-21-6-8-22(30)9-7-21/h4-13,30H,15H2,1-3H3,(H,29,31)/b20-11+. The molecule has 7 heteroatoms. The van der Waals surface area contributed by atoms with Crippen LogP contribution < -0.4 is 14.8 Å². The molecule has 0 aromatic heterocycles. The van der Waals surface area contributed by atoms with E-state index in [1.807, 2.05) is 18.2 Å². The summed E-state index contributed by atoms with van der Waals surface area (Å²) in [5.74, 6) is 0.645. The Balaban J connectivity index is 1.81. The number of carbonyl (C=O) groups excluding carboxylic acids is 1. The van der Waals surface area contributed by atoms with Crippen LogP contribution in [0, 0.1) is 28.7 Å². The van der Waals surface area contributed by atoms with Crippen molar-refractivity contribution in [3.05, 3.63) is 86.0 Å². The van der Waals surface area contributed by atoms with E-state index in [0.29, 0.717) is 29.4 Å². The van der Waals surface area contributed by atoms with Gasteiger partial charge in [-0.25, -0.2) is 0 Å². The maximum atomic E-state index is 12.5. The highest BCUT2D eigenvalue weighted by molar-refractivity contribution is 14.1. The Morgan fingerprint density at radius 1 is 1.12 bits per heavy atom. The summed E-state index contributed by atoms with van der Waals surface area (Å²) < 4.78 is 12.3. The number of phenols is 1. The molecule has 6 nitrogen and oxygen atoms in total. The molecule has 0 atom stereocenters. The number of benzene rings is 3. The smallest absolute Gasteiger partial charge is 0.266 e. The monoisotopic (exact) mass is 554 g/mol. The molecule has 1 amide bonds. The summed E-state index contributed by atoms with van der Waals surface area (Å²) >= 11 is 2.15. The molecular weight excluding hydrogens is 531 g/mol. The average Bonchev–Trinajstić information content (AvgIpc) is 2.80. The summed E-state index contributed by atoms with van der Waals surface area (Å²) in [6.45, 7) is 4.52. The van der Waals surface area contributed by atoms with Crippen LogP contribution in [0.5, 0.6) is 17.2 Å². The summed E-state index contributed by atoms with van der Waals surface area (Å²) in [5.41, 5.74) is 4.52. The zero-order valence-electron chi connectivity index (χ0n) is 18.5. The predicted octanol–water partition coefficient (Wildman–Crippen LogP) is 5.75. The Labute approximate surface area is 206 Å². The second-order valence-corrected chi connectivity index (χ2v) is 8.57. The fraction of sp³-hybridized carbons (Fsp3) is 0.154. The number of hydrogen-bond acceptors (Lipinski definition) is 5. The van der Waals surface area contributed by atoms with Gasteiger partial charge in [0.2, 0.25) is 0 Å². The summed E-state index contributed by atoms with van der Waals surface area (Å²) in [7, 11) is 1.55. The molecule has 3 rings (SSSR count). The first kappa shape index (κ1) is 24.1. The number of anilines is 1. The number of aryl methyl sites for hydroxylation is 2. The lowest BCUT2D eigenvalue weighted by atomic mass is 10.1. The second kappa shape index (κ2) is 10.9. The van der Waals surface area contributed by atoms with Gasteiger partial charge in [0.25, 0.3) is 5.91 Å². The fourth-order valence-corrected chi connectivity index (χ4v) is 3.85.